The molecule has 1 saturated heterocycles. The van der Waals surface area contributed by atoms with E-state index in [2.05, 4.69) is 10.3 Å². The number of aromatic nitrogens is 1. The molecule has 2 N–H and O–H groups in total. The van der Waals surface area contributed by atoms with Gasteiger partial charge in [-0.25, -0.2) is 8.42 Å². The maximum atomic E-state index is 12.9. The molecule has 2 heterocycles. The monoisotopic (exact) mass is 433 g/mol. The van der Waals surface area contributed by atoms with Crippen molar-refractivity contribution >= 4 is 44.1 Å². The zero-order valence-electron chi connectivity index (χ0n) is 15.5. The molecule has 2 aromatic carbocycles. The van der Waals surface area contributed by atoms with Crippen molar-refractivity contribution in [3.8, 4) is 0 Å². The lowest BCUT2D eigenvalue weighted by molar-refractivity contribution is -0.115. The van der Waals surface area contributed by atoms with Crippen molar-refractivity contribution in [1.82, 2.24) is 9.29 Å². The van der Waals surface area contributed by atoms with Gasteiger partial charge in [-0.3, -0.25) is 4.79 Å². The number of hydrogen-bond donors (Lipinski definition) is 2. The van der Waals surface area contributed by atoms with Crippen LogP contribution in [0.5, 0.6) is 0 Å². The highest BCUT2D eigenvalue weighted by Gasteiger charge is 2.28. The fourth-order valence-electron chi connectivity index (χ4n) is 3.36. The molecule has 0 saturated carbocycles. The number of carbonyl (C=O) groups excluding carboxylic acids is 1. The number of fused-ring (bicyclic) bond motifs is 1. The number of amides is 1. The van der Waals surface area contributed by atoms with Gasteiger partial charge in [0.25, 0.3) is 0 Å². The zero-order valence-corrected chi connectivity index (χ0v) is 17.1. The lowest BCUT2D eigenvalue weighted by atomic mass is 10.1. The lowest BCUT2D eigenvalue weighted by Gasteiger charge is -2.26. The third kappa shape index (κ3) is 4.16. The molecule has 0 spiro atoms. The van der Waals surface area contributed by atoms with E-state index in [1.807, 2.05) is 24.3 Å². The highest BCUT2D eigenvalue weighted by molar-refractivity contribution is 7.89. The molecule has 0 radical (unpaired) electrons. The number of aromatic amines is 1. The Hall–Kier alpha value is -2.39. The molecule has 7 nitrogen and oxygen atoms in total. The Labute approximate surface area is 173 Å². The molecule has 1 aliphatic rings. The maximum absolute atomic E-state index is 12.9. The first-order valence-corrected chi connectivity index (χ1v) is 11.0. The fourth-order valence-corrected chi connectivity index (χ4v) is 5.27. The average molecular weight is 434 g/mol. The van der Waals surface area contributed by atoms with Crippen LogP contribution in [-0.2, 0) is 26.0 Å². The molecule has 4 rings (SSSR count). The summed E-state index contributed by atoms with van der Waals surface area (Å²) in [6.07, 6.45) is 1.97. The number of halogens is 1. The van der Waals surface area contributed by atoms with E-state index >= 15 is 0 Å². The summed E-state index contributed by atoms with van der Waals surface area (Å²) in [6.45, 7) is 1.24. The van der Waals surface area contributed by atoms with Crippen molar-refractivity contribution in [2.45, 2.75) is 11.3 Å². The van der Waals surface area contributed by atoms with Gasteiger partial charge in [0.1, 0.15) is 4.90 Å². The Kier molecular flexibility index (Phi) is 5.60. The first-order valence-electron chi connectivity index (χ1n) is 9.17. The zero-order chi connectivity index (χ0) is 20.4. The summed E-state index contributed by atoms with van der Waals surface area (Å²) >= 11 is 6.16. The second-order valence-electron chi connectivity index (χ2n) is 6.75. The molecule has 1 aliphatic heterocycles. The molecule has 0 bridgehead atoms. The topological polar surface area (TPSA) is 91.5 Å². The minimum atomic E-state index is -3.76. The molecule has 9 heteroatoms. The van der Waals surface area contributed by atoms with Gasteiger partial charge in [0.2, 0.25) is 15.9 Å². The van der Waals surface area contributed by atoms with E-state index in [-0.39, 0.29) is 35.3 Å². The molecule has 0 unspecified atom stereocenters. The molecular weight excluding hydrogens is 414 g/mol. The normalized spacial score (nSPS) is 15.5. The number of morpholine rings is 1. The summed E-state index contributed by atoms with van der Waals surface area (Å²) in [4.78, 5) is 15.7. The molecule has 3 aromatic rings. The summed E-state index contributed by atoms with van der Waals surface area (Å²) < 4.78 is 32.4. The largest absolute Gasteiger partial charge is 0.379 e. The van der Waals surface area contributed by atoms with E-state index in [0.717, 1.165) is 16.5 Å². The first kappa shape index (κ1) is 19.9. The van der Waals surface area contributed by atoms with Crippen LogP contribution < -0.4 is 5.32 Å². The van der Waals surface area contributed by atoms with E-state index in [1.54, 1.807) is 12.3 Å². The number of ether oxygens (including phenoxy) is 1. The Morgan fingerprint density at radius 3 is 2.72 bits per heavy atom. The Morgan fingerprint density at radius 1 is 1.17 bits per heavy atom. The van der Waals surface area contributed by atoms with Crippen LogP contribution in [0.25, 0.3) is 10.9 Å². The number of sulfonamides is 1. The minimum Gasteiger partial charge on any atom is -0.379 e. The van der Waals surface area contributed by atoms with Crippen LogP contribution in [0.4, 0.5) is 5.69 Å². The molecule has 0 aliphatic carbocycles. The highest BCUT2D eigenvalue weighted by Crippen LogP contribution is 2.28. The highest BCUT2D eigenvalue weighted by atomic mass is 35.5. The quantitative estimate of drug-likeness (QED) is 0.647. The Balaban J connectivity index is 1.53. The van der Waals surface area contributed by atoms with E-state index < -0.39 is 10.0 Å². The van der Waals surface area contributed by atoms with E-state index in [9.17, 15) is 13.2 Å². The summed E-state index contributed by atoms with van der Waals surface area (Å²) in [5.74, 6) is -0.244. The second-order valence-corrected chi connectivity index (χ2v) is 9.06. The van der Waals surface area contributed by atoms with Crippen molar-refractivity contribution < 1.29 is 17.9 Å². The third-order valence-electron chi connectivity index (χ3n) is 4.83. The molecule has 152 valence electrons. The molecule has 1 aromatic heterocycles. The van der Waals surface area contributed by atoms with Gasteiger partial charge in [0, 0.05) is 35.9 Å². The summed E-state index contributed by atoms with van der Waals surface area (Å²) in [5.41, 5.74) is 2.21. The second kappa shape index (κ2) is 8.16. The van der Waals surface area contributed by atoms with Crippen LogP contribution in [0, 0.1) is 0 Å². The number of anilines is 1. The van der Waals surface area contributed by atoms with Gasteiger partial charge < -0.3 is 15.0 Å². The van der Waals surface area contributed by atoms with Gasteiger partial charge in [0.15, 0.2) is 0 Å². The van der Waals surface area contributed by atoms with E-state index in [4.69, 9.17) is 16.3 Å². The number of para-hydroxylation sites is 1. The average Bonchev–Trinajstić information content (AvgIpc) is 3.13. The first-order chi connectivity index (χ1) is 13.9. The van der Waals surface area contributed by atoms with Crippen LogP contribution in [0.3, 0.4) is 0 Å². The van der Waals surface area contributed by atoms with Crippen LogP contribution in [-0.4, -0.2) is 49.9 Å². The summed E-state index contributed by atoms with van der Waals surface area (Å²) in [6, 6.07) is 12.2. The number of carbonyl (C=O) groups is 1. The lowest BCUT2D eigenvalue weighted by Crippen LogP contribution is -2.40. The van der Waals surface area contributed by atoms with Crippen molar-refractivity contribution in [2.24, 2.45) is 0 Å². The van der Waals surface area contributed by atoms with Crippen molar-refractivity contribution in [2.75, 3.05) is 31.6 Å². The SMILES string of the molecule is O=C(Cc1c[nH]c2ccccc12)Nc1ccc(Cl)c(S(=O)(=O)N2CCOCC2)c1. The summed E-state index contributed by atoms with van der Waals surface area (Å²) in [7, 11) is -3.76. The third-order valence-corrected chi connectivity index (χ3v) is 7.21. The number of hydrogen-bond acceptors (Lipinski definition) is 4. The molecule has 0 atom stereocenters. The maximum Gasteiger partial charge on any atom is 0.244 e. The van der Waals surface area contributed by atoms with Crippen LogP contribution >= 0.6 is 11.6 Å². The number of H-pyrrole nitrogens is 1. The molecule has 29 heavy (non-hydrogen) atoms. The van der Waals surface area contributed by atoms with Crippen LogP contribution in [0.1, 0.15) is 5.56 Å². The van der Waals surface area contributed by atoms with Crippen molar-refractivity contribution in [1.29, 1.82) is 0 Å². The van der Waals surface area contributed by atoms with E-state index in [0.29, 0.717) is 18.9 Å². The number of benzene rings is 2. The van der Waals surface area contributed by atoms with Gasteiger partial charge >= 0.3 is 0 Å². The Bertz CT molecular complexity index is 1150. The molecule has 1 fully saturated rings. The molecule has 1 amide bonds. The van der Waals surface area contributed by atoms with Gasteiger partial charge in [-0.2, -0.15) is 4.31 Å². The summed E-state index contributed by atoms with van der Waals surface area (Å²) in [5, 5.41) is 3.87. The minimum absolute atomic E-state index is 0.0223. The van der Waals surface area contributed by atoms with Crippen molar-refractivity contribution in [3.05, 3.63) is 59.2 Å². The fraction of sp³-hybridized carbons (Fsp3) is 0.250. The Morgan fingerprint density at radius 2 is 1.93 bits per heavy atom. The van der Waals surface area contributed by atoms with E-state index in [1.165, 1.54) is 16.4 Å². The standard InChI is InChI=1S/C20H20ClN3O4S/c21-17-6-5-15(12-19(17)29(26,27)24-7-9-28-10-8-24)23-20(25)11-14-13-22-18-4-2-1-3-16(14)18/h1-6,12-13,22H,7-11H2,(H,23,25). The molecular formula is C20H20ClN3O4S. The number of nitrogens with zero attached hydrogens (tertiary/aromatic N) is 1. The predicted molar refractivity (Wildman–Crippen MR) is 112 cm³/mol. The van der Waals surface area contributed by atoms with Gasteiger partial charge in [-0.15, -0.1) is 0 Å². The van der Waals surface area contributed by atoms with Crippen LogP contribution in [0.15, 0.2) is 53.6 Å². The number of rotatable bonds is 5. The number of nitrogens with one attached hydrogen (secondary N) is 2. The van der Waals surface area contributed by atoms with Gasteiger partial charge in [-0.05, 0) is 29.8 Å². The van der Waals surface area contributed by atoms with Gasteiger partial charge in [0.05, 0.1) is 24.7 Å². The van der Waals surface area contributed by atoms with Crippen molar-refractivity contribution in [3.63, 3.8) is 0 Å². The predicted octanol–water partition coefficient (Wildman–Crippen LogP) is 3.02. The van der Waals surface area contributed by atoms with Gasteiger partial charge in [-0.1, -0.05) is 29.8 Å². The smallest absolute Gasteiger partial charge is 0.244 e. The van der Waals surface area contributed by atoms with Crippen LogP contribution in [0.2, 0.25) is 5.02 Å².